The lowest BCUT2D eigenvalue weighted by Gasteiger charge is -2.09. The molecule has 1 atom stereocenters. The van der Waals surface area contributed by atoms with E-state index in [1.807, 2.05) is 25.1 Å². The number of hydrogen-bond acceptors (Lipinski definition) is 2. The van der Waals surface area contributed by atoms with E-state index in [4.69, 9.17) is 16.9 Å². The number of aryl methyl sites for hydroxylation is 1. The molecule has 2 nitrogen and oxygen atoms in total. The zero-order valence-electron chi connectivity index (χ0n) is 7.63. The lowest BCUT2D eigenvalue weighted by Crippen LogP contribution is -2.12. The first-order valence-electron chi connectivity index (χ1n) is 4.06. The van der Waals surface area contributed by atoms with E-state index in [9.17, 15) is 0 Å². The summed E-state index contributed by atoms with van der Waals surface area (Å²) in [7, 11) is 0. The van der Waals surface area contributed by atoms with Crippen molar-refractivity contribution in [1.82, 2.24) is 0 Å². The molecule has 0 radical (unpaired) electrons. The molecular weight excluding hydrogens is 184 g/mol. The monoisotopic (exact) mass is 194 g/mol. The third-order valence-corrected chi connectivity index (χ3v) is 2.00. The Morgan fingerprint density at radius 2 is 2.23 bits per heavy atom. The Labute approximate surface area is 83.1 Å². The SMILES string of the molecule is Cc1ccc(NC(C)C#N)c(Cl)c1. The van der Waals surface area contributed by atoms with E-state index in [1.54, 1.807) is 6.92 Å². The molecule has 1 rings (SSSR count). The first-order valence-corrected chi connectivity index (χ1v) is 4.43. The van der Waals surface area contributed by atoms with Crippen LogP contribution < -0.4 is 5.32 Å². The van der Waals surface area contributed by atoms with Gasteiger partial charge in [0.25, 0.3) is 0 Å². The minimum absolute atomic E-state index is 0.222. The van der Waals surface area contributed by atoms with Gasteiger partial charge >= 0.3 is 0 Å². The molecule has 0 aliphatic rings. The summed E-state index contributed by atoms with van der Waals surface area (Å²) in [6, 6.07) is 7.57. The van der Waals surface area contributed by atoms with Crippen molar-refractivity contribution in [3.8, 4) is 6.07 Å². The molecule has 1 aromatic rings. The highest BCUT2D eigenvalue weighted by Gasteiger charge is 2.03. The molecule has 0 heterocycles. The third kappa shape index (κ3) is 2.64. The van der Waals surface area contributed by atoms with Crippen LogP contribution in [0.15, 0.2) is 18.2 Å². The van der Waals surface area contributed by atoms with Crippen LogP contribution in [0.2, 0.25) is 5.02 Å². The first-order chi connectivity index (χ1) is 6.13. The number of nitrogens with one attached hydrogen (secondary N) is 1. The van der Waals surface area contributed by atoms with Crippen molar-refractivity contribution in [3.63, 3.8) is 0 Å². The van der Waals surface area contributed by atoms with Crippen LogP contribution >= 0.6 is 11.6 Å². The summed E-state index contributed by atoms with van der Waals surface area (Å²) in [5.41, 5.74) is 1.92. The van der Waals surface area contributed by atoms with Crippen LogP contribution in [0.25, 0.3) is 0 Å². The maximum Gasteiger partial charge on any atom is 0.111 e. The average molecular weight is 195 g/mol. The summed E-state index contributed by atoms with van der Waals surface area (Å²) < 4.78 is 0. The molecule has 1 N–H and O–H groups in total. The third-order valence-electron chi connectivity index (χ3n) is 1.69. The standard InChI is InChI=1S/C10H11ClN2/c1-7-3-4-10(9(11)5-7)13-8(2)6-12/h3-5,8,13H,1-2H3. The van der Waals surface area contributed by atoms with Crippen molar-refractivity contribution in [2.24, 2.45) is 0 Å². The lowest BCUT2D eigenvalue weighted by atomic mass is 10.2. The quantitative estimate of drug-likeness (QED) is 0.786. The predicted octanol–water partition coefficient (Wildman–Crippen LogP) is 2.97. The summed E-state index contributed by atoms with van der Waals surface area (Å²) in [5, 5.41) is 12.2. The Morgan fingerprint density at radius 1 is 1.54 bits per heavy atom. The molecule has 0 saturated heterocycles. The van der Waals surface area contributed by atoms with Gasteiger partial charge in [-0.3, -0.25) is 0 Å². The fourth-order valence-electron chi connectivity index (χ4n) is 1.00. The van der Waals surface area contributed by atoms with Gasteiger partial charge in [-0.25, -0.2) is 0 Å². The smallest absolute Gasteiger partial charge is 0.111 e. The number of halogens is 1. The second-order valence-corrected chi connectivity index (χ2v) is 3.39. The van der Waals surface area contributed by atoms with Crippen LogP contribution in [-0.2, 0) is 0 Å². The predicted molar refractivity (Wildman–Crippen MR) is 54.9 cm³/mol. The minimum atomic E-state index is -0.222. The maximum atomic E-state index is 8.59. The second-order valence-electron chi connectivity index (χ2n) is 2.98. The Morgan fingerprint density at radius 3 is 2.77 bits per heavy atom. The molecular formula is C10H11ClN2. The molecule has 0 spiro atoms. The fraction of sp³-hybridized carbons (Fsp3) is 0.300. The van der Waals surface area contributed by atoms with Crippen LogP contribution in [0.4, 0.5) is 5.69 Å². The van der Waals surface area contributed by atoms with Gasteiger partial charge in [0, 0.05) is 0 Å². The highest BCUT2D eigenvalue weighted by atomic mass is 35.5. The minimum Gasteiger partial charge on any atom is -0.369 e. The number of nitrogens with zero attached hydrogens (tertiary/aromatic N) is 1. The van der Waals surface area contributed by atoms with Gasteiger partial charge in [0.1, 0.15) is 6.04 Å². The van der Waals surface area contributed by atoms with E-state index in [0.29, 0.717) is 5.02 Å². The number of rotatable bonds is 2. The van der Waals surface area contributed by atoms with Gasteiger partial charge < -0.3 is 5.32 Å². The van der Waals surface area contributed by atoms with Crippen molar-refractivity contribution in [3.05, 3.63) is 28.8 Å². The molecule has 1 unspecified atom stereocenters. The largest absolute Gasteiger partial charge is 0.369 e. The zero-order chi connectivity index (χ0) is 9.84. The number of hydrogen-bond donors (Lipinski definition) is 1. The Bertz CT molecular complexity index is 341. The molecule has 0 amide bonds. The van der Waals surface area contributed by atoms with Gasteiger partial charge in [0.15, 0.2) is 0 Å². The molecule has 13 heavy (non-hydrogen) atoms. The van der Waals surface area contributed by atoms with Gasteiger partial charge in [-0.15, -0.1) is 0 Å². The molecule has 1 aromatic carbocycles. The molecule has 0 aromatic heterocycles. The highest BCUT2D eigenvalue weighted by Crippen LogP contribution is 2.23. The Kier molecular flexibility index (Phi) is 3.16. The fourth-order valence-corrected chi connectivity index (χ4v) is 1.29. The number of anilines is 1. The Balaban J connectivity index is 2.85. The summed E-state index contributed by atoms with van der Waals surface area (Å²) >= 11 is 5.96. The van der Waals surface area contributed by atoms with Gasteiger partial charge in [-0.1, -0.05) is 17.7 Å². The first kappa shape index (κ1) is 9.88. The molecule has 68 valence electrons. The number of nitriles is 1. The summed E-state index contributed by atoms with van der Waals surface area (Å²) in [6.07, 6.45) is 0. The van der Waals surface area contributed by atoms with Crippen molar-refractivity contribution in [2.45, 2.75) is 19.9 Å². The van der Waals surface area contributed by atoms with Crippen molar-refractivity contribution in [2.75, 3.05) is 5.32 Å². The van der Waals surface area contributed by atoms with E-state index in [0.717, 1.165) is 11.3 Å². The van der Waals surface area contributed by atoms with E-state index >= 15 is 0 Å². The van der Waals surface area contributed by atoms with Crippen LogP contribution in [0.3, 0.4) is 0 Å². The van der Waals surface area contributed by atoms with E-state index < -0.39 is 0 Å². The number of benzene rings is 1. The van der Waals surface area contributed by atoms with Crippen LogP contribution in [0.5, 0.6) is 0 Å². The molecule has 0 saturated carbocycles. The van der Waals surface area contributed by atoms with Crippen LogP contribution in [0, 0.1) is 18.3 Å². The van der Waals surface area contributed by atoms with Crippen LogP contribution in [-0.4, -0.2) is 6.04 Å². The second kappa shape index (κ2) is 4.15. The van der Waals surface area contributed by atoms with E-state index in [-0.39, 0.29) is 6.04 Å². The lowest BCUT2D eigenvalue weighted by molar-refractivity contribution is 1.01. The topological polar surface area (TPSA) is 35.8 Å². The molecule has 0 bridgehead atoms. The normalized spacial score (nSPS) is 11.8. The van der Waals surface area contributed by atoms with Crippen molar-refractivity contribution < 1.29 is 0 Å². The van der Waals surface area contributed by atoms with Crippen molar-refractivity contribution >= 4 is 17.3 Å². The summed E-state index contributed by atoms with van der Waals surface area (Å²) in [6.45, 7) is 3.76. The molecule has 0 aliphatic heterocycles. The summed E-state index contributed by atoms with van der Waals surface area (Å²) in [5.74, 6) is 0. The highest BCUT2D eigenvalue weighted by molar-refractivity contribution is 6.33. The molecule has 0 aliphatic carbocycles. The Hall–Kier alpha value is -1.20. The van der Waals surface area contributed by atoms with Crippen LogP contribution in [0.1, 0.15) is 12.5 Å². The van der Waals surface area contributed by atoms with Gasteiger partial charge in [0.2, 0.25) is 0 Å². The summed E-state index contributed by atoms with van der Waals surface area (Å²) in [4.78, 5) is 0. The zero-order valence-corrected chi connectivity index (χ0v) is 8.39. The van der Waals surface area contributed by atoms with E-state index in [2.05, 4.69) is 11.4 Å². The van der Waals surface area contributed by atoms with Gasteiger partial charge in [-0.05, 0) is 31.5 Å². The molecule has 0 fully saturated rings. The van der Waals surface area contributed by atoms with Gasteiger partial charge in [0.05, 0.1) is 16.8 Å². The van der Waals surface area contributed by atoms with Crippen molar-refractivity contribution in [1.29, 1.82) is 5.26 Å². The average Bonchev–Trinajstić information content (AvgIpc) is 2.09. The van der Waals surface area contributed by atoms with E-state index in [1.165, 1.54) is 0 Å². The maximum absolute atomic E-state index is 8.59. The van der Waals surface area contributed by atoms with Gasteiger partial charge in [-0.2, -0.15) is 5.26 Å². The molecule has 3 heteroatoms.